The fourth-order valence-corrected chi connectivity index (χ4v) is 2.54. The number of carbonyl (C=O) groups is 2. The lowest BCUT2D eigenvalue weighted by Crippen LogP contribution is -2.45. The number of halogens is 2. The Labute approximate surface area is 147 Å². The van der Waals surface area contributed by atoms with E-state index >= 15 is 0 Å². The molecular weight excluding hydrogens is 337 g/mol. The molecule has 0 heterocycles. The third-order valence-electron chi connectivity index (χ3n) is 3.42. The minimum atomic E-state index is -0.476. The van der Waals surface area contributed by atoms with E-state index < -0.39 is 6.03 Å². The average molecular weight is 360 g/mol. The van der Waals surface area contributed by atoms with E-state index in [1.165, 1.54) is 0 Å². The standard InChI is InChI=1S/C16H23Cl2N3O2/c1-4-8-21(10-15(22)20-16(23)19-5-2)11(3)12-6-7-13(17)14(18)9-12/h6-7,9,11H,4-5,8,10H2,1-3H3,(H2,19,20,22,23)/t11-/m1/s1. The molecule has 2 N–H and O–H groups in total. The lowest BCUT2D eigenvalue weighted by Gasteiger charge is -2.28. The van der Waals surface area contributed by atoms with Crippen LogP contribution in [0.25, 0.3) is 0 Å². The van der Waals surface area contributed by atoms with Gasteiger partial charge in [0, 0.05) is 12.6 Å². The largest absolute Gasteiger partial charge is 0.338 e. The Morgan fingerprint density at radius 3 is 2.48 bits per heavy atom. The van der Waals surface area contributed by atoms with Crippen molar-refractivity contribution in [2.45, 2.75) is 33.2 Å². The SMILES string of the molecule is CCCN(CC(=O)NC(=O)NCC)[C@H](C)c1ccc(Cl)c(Cl)c1. The summed E-state index contributed by atoms with van der Waals surface area (Å²) in [5.41, 5.74) is 0.971. The van der Waals surface area contributed by atoms with Crippen LogP contribution in [0.3, 0.4) is 0 Å². The molecule has 1 aromatic carbocycles. The van der Waals surface area contributed by atoms with E-state index in [-0.39, 0.29) is 18.5 Å². The van der Waals surface area contributed by atoms with Gasteiger partial charge in [-0.25, -0.2) is 4.79 Å². The molecule has 1 aromatic rings. The highest BCUT2D eigenvalue weighted by atomic mass is 35.5. The fourth-order valence-electron chi connectivity index (χ4n) is 2.24. The molecule has 0 aliphatic carbocycles. The molecule has 5 nitrogen and oxygen atoms in total. The van der Waals surface area contributed by atoms with Crippen molar-refractivity contribution in [3.8, 4) is 0 Å². The third kappa shape index (κ3) is 6.37. The maximum atomic E-state index is 12.0. The molecule has 0 bridgehead atoms. The molecule has 1 rings (SSSR count). The summed E-state index contributed by atoms with van der Waals surface area (Å²) in [7, 11) is 0. The summed E-state index contributed by atoms with van der Waals surface area (Å²) in [5.74, 6) is -0.337. The van der Waals surface area contributed by atoms with E-state index in [1.54, 1.807) is 19.1 Å². The lowest BCUT2D eigenvalue weighted by atomic mass is 10.1. The fraction of sp³-hybridized carbons (Fsp3) is 0.500. The number of benzene rings is 1. The van der Waals surface area contributed by atoms with Crippen LogP contribution in [0, 0.1) is 0 Å². The second-order valence-electron chi connectivity index (χ2n) is 5.23. The number of urea groups is 1. The minimum Gasteiger partial charge on any atom is -0.338 e. The van der Waals surface area contributed by atoms with Crippen LogP contribution in [0.5, 0.6) is 0 Å². The zero-order valence-electron chi connectivity index (χ0n) is 13.7. The molecule has 0 fully saturated rings. The molecule has 3 amide bonds. The summed E-state index contributed by atoms with van der Waals surface area (Å²) in [4.78, 5) is 25.4. The first-order valence-corrected chi connectivity index (χ1v) is 8.41. The van der Waals surface area contributed by atoms with Gasteiger partial charge in [0.15, 0.2) is 0 Å². The van der Waals surface area contributed by atoms with Gasteiger partial charge in [0.1, 0.15) is 0 Å². The quantitative estimate of drug-likeness (QED) is 0.781. The number of hydrogen-bond donors (Lipinski definition) is 2. The van der Waals surface area contributed by atoms with Gasteiger partial charge in [-0.3, -0.25) is 15.0 Å². The summed E-state index contributed by atoms with van der Waals surface area (Å²) < 4.78 is 0. The maximum Gasteiger partial charge on any atom is 0.321 e. The maximum absolute atomic E-state index is 12.0. The second kappa shape index (κ2) is 9.75. The van der Waals surface area contributed by atoms with Gasteiger partial charge in [-0.2, -0.15) is 0 Å². The predicted octanol–water partition coefficient (Wildman–Crippen LogP) is 3.61. The zero-order chi connectivity index (χ0) is 17.4. The van der Waals surface area contributed by atoms with E-state index in [0.29, 0.717) is 16.6 Å². The number of hydrogen-bond acceptors (Lipinski definition) is 3. The number of nitrogens with zero attached hydrogens (tertiary/aromatic N) is 1. The summed E-state index contributed by atoms with van der Waals surface area (Å²) in [5, 5.41) is 5.84. The van der Waals surface area contributed by atoms with Crippen LogP contribution < -0.4 is 10.6 Å². The Kier molecular flexibility index (Phi) is 8.37. The molecule has 1 atom stereocenters. The molecule has 0 aliphatic rings. The average Bonchev–Trinajstić information content (AvgIpc) is 2.49. The zero-order valence-corrected chi connectivity index (χ0v) is 15.2. The van der Waals surface area contributed by atoms with Gasteiger partial charge < -0.3 is 5.32 Å². The van der Waals surface area contributed by atoms with Crippen LogP contribution in [-0.4, -0.2) is 36.5 Å². The summed E-state index contributed by atoms with van der Waals surface area (Å²) in [6.45, 7) is 7.15. The molecule has 23 heavy (non-hydrogen) atoms. The second-order valence-corrected chi connectivity index (χ2v) is 6.04. The van der Waals surface area contributed by atoms with Crippen LogP contribution in [0.4, 0.5) is 4.79 Å². The molecule has 0 aromatic heterocycles. The normalized spacial score (nSPS) is 12.1. The first-order chi connectivity index (χ1) is 10.9. The first kappa shape index (κ1) is 19.7. The molecule has 128 valence electrons. The van der Waals surface area contributed by atoms with Crippen molar-refractivity contribution < 1.29 is 9.59 Å². The van der Waals surface area contributed by atoms with Crippen LogP contribution in [0.2, 0.25) is 10.0 Å². The van der Waals surface area contributed by atoms with Crippen molar-refractivity contribution in [1.82, 2.24) is 15.5 Å². The molecule has 0 spiro atoms. The van der Waals surface area contributed by atoms with Crippen LogP contribution >= 0.6 is 23.2 Å². The summed E-state index contributed by atoms with van der Waals surface area (Å²) in [6, 6.07) is 4.94. The Balaban J connectivity index is 2.77. The highest BCUT2D eigenvalue weighted by molar-refractivity contribution is 6.42. The van der Waals surface area contributed by atoms with Gasteiger partial charge in [-0.15, -0.1) is 0 Å². The van der Waals surface area contributed by atoms with Crippen LogP contribution in [0.15, 0.2) is 18.2 Å². The van der Waals surface area contributed by atoms with Gasteiger partial charge in [0.25, 0.3) is 0 Å². The van der Waals surface area contributed by atoms with E-state index in [4.69, 9.17) is 23.2 Å². The number of imide groups is 1. The Morgan fingerprint density at radius 1 is 1.22 bits per heavy atom. The molecule has 0 saturated carbocycles. The van der Waals surface area contributed by atoms with Gasteiger partial charge in [0.2, 0.25) is 5.91 Å². The van der Waals surface area contributed by atoms with E-state index in [0.717, 1.165) is 18.5 Å². The predicted molar refractivity (Wildman–Crippen MR) is 94.0 cm³/mol. The topological polar surface area (TPSA) is 61.4 Å². The van der Waals surface area contributed by atoms with Gasteiger partial charge in [0.05, 0.1) is 16.6 Å². The van der Waals surface area contributed by atoms with Crippen molar-refractivity contribution in [3.63, 3.8) is 0 Å². The molecule has 0 saturated heterocycles. The minimum absolute atomic E-state index is 0.0234. The smallest absolute Gasteiger partial charge is 0.321 e. The third-order valence-corrected chi connectivity index (χ3v) is 4.16. The Hall–Kier alpha value is -1.30. The Morgan fingerprint density at radius 2 is 1.91 bits per heavy atom. The van der Waals surface area contributed by atoms with Crippen LogP contribution in [-0.2, 0) is 4.79 Å². The molecule has 0 radical (unpaired) electrons. The van der Waals surface area contributed by atoms with Crippen molar-refractivity contribution in [2.75, 3.05) is 19.6 Å². The number of rotatable bonds is 7. The highest BCUT2D eigenvalue weighted by Crippen LogP contribution is 2.28. The van der Waals surface area contributed by atoms with E-state index in [2.05, 4.69) is 10.6 Å². The van der Waals surface area contributed by atoms with Crippen LogP contribution in [0.1, 0.15) is 38.8 Å². The molecule has 0 unspecified atom stereocenters. The summed E-state index contributed by atoms with van der Waals surface area (Å²) >= 11 is 12.0. The number of amides is 3. The van der Waals surface area contributed by atoms with Crippen molar-refractivity contribution in [1.29, 1.82) is 0 Å². The van der Waals surface area contributed by atoms with Crippen molar-refractivity contribution >= 4 is 35.1 Å². The first-order valence-electron chi connectivity index (χ1n) is 7.65. The summed E-state index contributed by atoms with van der Waals surface area (Å²) in [6.07, 6.45) is 0.889. The van der Waals surface area contributed by atoms with Gasteiger partial charge >= 0.3 is 6.03 Å². The molecule has 0 aliphatic heterocycles. The van der Waals surface area contributed by atoms with E-state index in [9.17, 15) is 9.59 Å². The van der Waals surface area contributed by atoms with Gasteiger partial charge in [-0.05, 0) is 44.5 Å². The molecule has 7 heteroatoms. The highest BCUT2D eigenvalue weighted by Gasteiger charge is 2.19. The lowest BCUT2D eigenvalue weighted by molar-refractivity contribution is -0.121. The monoisotopic (exact) mass is 359 g/mol. The Bertz CT molecular complexity index is 552. The molecular formula is C16H23Cl2N3O2. The number of carbonyl (C=O) groups excluding carboxylic acids is 2. The number of nitrogens with one attached hydrogen (secondary N) is 2. The van der Waals surface area contributed by atoms with Gasteiger partial charge in [-0.1, -0.05) is 36.2 Å². The van der Waals surface area contributed by atoms with Crippen molar-refractivity contribution in [3.05, 3.63) is 33.8 Å². The van der Waals surface area contributed by atoms with Crippen molar-refractivity contribution in [2.24, 2.45) is 0 Å². The van der Waals surface area contributed by atoms with E-state index in [1.807, 2.05) is 24.8 Å².